The van der Waals surface area contributed by atoms with E-state index in [4.69, 9.17) is 9.40 Å². The van der Waals surface area contributed by atoms with E-state index in [-0.39, 0.29) is 11.9 Å². The van der Waals surface area contributed by atoms with Gasteiger partial charge in [-0.3, -0.25) is 4.40 Å². The Morgan fingerprint density at radius 3 is 2.49 bits per heavy atom. The van der Waals surface area contributed by atoms with Gasteiger partial charge in [0.1, 0.15) is 23.5 Å². The number of nitrogens with one attached hydrogen (secondary N) is 1. The molecule has 0 saturated carbocycles. The number of hydrogen-bond donors (Lipinski definition) is 1. The van der Waals surface area contributed by atoms with E-state index in [0.29, 0.717) is 59.7 Å². The Balaban J connectivity index is 1.22. The van der Waals surface area contributed by atoms with Crippen LogP contribution in [-0.4, -0.2) is 51.2 Å². The number of aromatic nitrogens is 4. The summed E-state index contributed by atoms with van der Waals surface area (Å²) in [4.78, 5) is 14.0. The highest BCUT2D eigenvalue weighted by atomic mass is 32.2. The first-order valence-corrected chi connectivity index (χ1v) is 13.3. The predicted molar refractivity (Wildman–Crippen MR) is 136 cm³/mol. The lowest BCUT2D eigenvalue weighted by Gasteiger charge is -2.31. The lowest BCUT2D eigenvalue weighted by molar-refractivity contribution is 0.329. The van der Waals surface area contributed by atoms with E-state index in [1.165, 1.54) is 22.7 Å². The third-order valence-electron chi connectivity index (χ3n) is 6.45. The van der Waals surface area contributed by atoms with Crippen molar-refractivity contribution in [2.45, 2.75) is 23.8 Å². The Labute approximate surface area is 212 Å². The minimum absolute atomic E-state index is 0.0217. The number of nitrogens with zero attached hydrogens (tertiary/aromatic N) is 5. The van der Waals surface area contributed by atoms with E-state index in [0.717, 1.165) is 5.56 Å². The van der Waals surface area contributed by atoms with Gasteiger partial charge in [-0.1, -0.05) is 18.2 Å². The molecule has 0 aliphatic carbocycles. The smallest absolute Gasteiger partial charge is 0.306 e. The molecule has 9 nitrogen and oxygen atoms in total. The van der Waals surface area contributed by atoms with Crippen LogP contribution in [0.1, 0.15) is 12.8 Å². The molecule has 6 rings (SSSR count). The van der Waals surface area contributed by atoms with Gasteiger partial charge in [0.15, 0.2) is 0 Å². The van der Waals surface area contributed by atoms with Crippen LogP contribution in [0.4, 0.5) is 10.3 Å². The Kier molecular flexibility index (Phi) is 5.93. The highest BCUT2D eigenvalue weighted by Crippen LogP contribution is 2.32. The monoisotopic (exact) mass is 518 g/mol. The van der Waals surface area contributed by atoms with Crippen LogP contribution in [0.3, 0.4) is 0 Å². The van der Waals surface area contributed by atoms with Crippen LogP contribution in [0.5, 0.6) is 0 Å². The molecule has 0 atom stereocenters. The number of imidazole rings is 1. The van der Waals surface area contributed by atoms with Crippen LogP contribution in [0.15, 0.2) is 88.6 Å². The van der Waals surface area contributed by atoms with Crippen molar-refractivity contribution in [3.05, 3.63) is 85.1 Å². The van der Waals surface area contributed by atoms with Crippen LogP contribution in [-0.2, 0) is 10.0 Å². The minimum Gasteiger partial charge on any atom is -0.432 e. The number of halogens is 1. The SMILES string of the molecule is O=S(=O)(c1ccccc1)N1CCC(Nc2nccc(-c3c(-c4ccc(F)cc4)nc4occn34)n2)CC1. The molecule has 1 fully saturated rings. The van der Waals surface area contributed by atoms with Crippen molar-refractivity contribution in [1.82, 2.24) is 23.7 Å². The number of fused-ring (bicyclic) bond motifs is 1. The van der Waals surface area contributed by atoms with Crippen LogP contribution >= 0.6 is 0 Å². The molecule has 0 amide bonds. The largest absolute Gasteiger partial charge is 0.432 e. The zero-order valence-corrected chi connectivity index (χ0v) is 20.5. The topological polar surface area (TPSA) is 106 Å². The molecule has 0 unspecified atom stereocenters. The van der Waals surface area contributed by atoms with Crippen molar-refractivity contribution < 1.29 is 17.2 Å². The molecule has 188 valence electrons. The van der Waals surface area contributed by atoms with Gasteiger partial charge >= 0.3 is 5.84 Å². The normalized spacial score (nSPS) is 15.3. The molecular formula is C26H23FN6O3S. The molecule has 5 aromatic rings. The number of sulfonamides is 1. The second-order valence-electron chi connectivity index (χ2n) is 8.77. The number of rotatable bonds is 6. The summed E-state index contributed by atoms with van der Waals surface area (Å²) in [6.45, 7) is 0.809. The fraction of sp³-hybridized carbons (Fsp3) is 0.192. The number of oxazole rings is 1. The maximum Gasteiger partial charge on any atom is 0.306 e. The first kappa shape index (κ1) is 23.3. The summed E-state index contributed by atoms with van der Waals surface area (Å²) >= 11 is 0. The van der Waals surface area contributed by atoms with Gasteiger partial charge in [-0.05, 0) is 55.3 Å². The Morgan fingerprint density at radius 2 is 1.73 bits per heavy atom. The second kappa shape index (κ2) is 9.41. The molecule has 37 heavy (non-hydrogen) atoms. The number of anilines is 1. The average Bonchev–Trinajstić information content (AvgIpc) is 3.52. The van der Waals surface area contributed by atoms with E-state index in [2.05, 4.69) is 15.3 Å². The molecule has 0 bridgehead atoms. The fourth-order valence-electron chi connectivity index (χ4n) is 4.56. The lowest BCUT2D eigenvalue weighted by atomic mass is 10.1. The Hall–Kier alpha value is -4.09. The fourth-order valence-corrected chi connectivity index (χ4v) is 6.06. The Morgan fingerprint density at radius 1 is 0.973 bits per heavy atom. The standard InChI is InChI=1S/C26H23FN6O3S/c27-19-8-6-18(7-9-19)23-24(33-16-17-36-26(33)31-23)22-10-13-28-25(30-22)29-20-11-14-32(15-12-20)37(34,35)21-4-2-1-3-5-21/h1-10,13,16-17,20H,11-12,14-15H2,(H,28,29,30). The summed E-state index contributed by atoms with van der Waals surface area (Å²) in [7, 11) is -3.51. The zero-order chi connectivity index (χ0) is 25.4. The summed E-state index contributed by atoms with van der Waals surface area (Å²) in [6.07, 6.45) is 6.20. The summed E-state index contributed by atoms with van der Waals surface area (Å²) in [5.41, 5.74) is 2.67. The summed E-state index contributed by atoms with van der Waals surface area (Å²) in [5, 5.41) is 3.36. The van der Waals surface area contributed by atoms with Gasteiger partial charge in [0.25, 0.3) is 0 Å². The highest BCUT2D eigenvalue weighted by molar-refractivity contribution is 7.89. The summed E-state index contributed by atoms with van der Waals surface area (Å²) in [5.74, 6) is 0.504. The molecule has 4 heterocycles. The number of hydrogen-bond acceptors (Lipinski definition) is 7. The molecule has 1 N–H and O–H groups in total. The van der Waals surface area contributed by atoms with Crippen LogP contribution in [0.25, 0.3) is 28.5 Å². The predicted octanol–water partition coefficient (Wildman–Crippen LogP) is 4.46. The van der Waals surface area contributed by atoms with Crippen molar-refractivity contribution in [1.29, 1.82) is 0 Å². The molecule has 1 aliphatic rings. The van der Waals surface area contributed by atoms with E-state index in [1.807, 2.05) is 0 Å². The van der Waals surface area contributed by atoms with Gasteiger partial charge in [0, 0.05) is 37.1 Å². The van der Waals surface area contributed by atoms with Crippen molar-refractivity contribution in [2.75, 3.05) is 18.4 Å². The van der Waals surface area contributed by atoms with Gasteiger partial charge in [-0.15, -0.1) is 0 Å². The third-order valence-corrected chi connectivity index (χ3v) is 8.36. The van der Waals surface area contributed by atoms with Gasteiger partial charge < -0.3 is 9.73 Å². The molecule has 3 aromatic heterocycles. The molecular weight excluding hydrogens is 495 g/mol. The van der Waals surface area contributed by atoms with Crippen molar-refractivity contribution in [2.24, 2.45) is 0 Å². The van der Waals surface area contributed by atoms with Crippen LogP contribution < -0.4 is 5.32 Å². The van der Waals surface area contributed by atoms with E-state index in [1.54, 1.807) is 65.3 Å². The van der Waals surface area contributed by atoms with Gasteiger partial charge in [0.05, 0.1) is 10.6 Å². The maximum atomic E-state index is 13.5. The molecule has 2 aromatic carbocycles. The average molecular weight is 519 g/mol. The first-order valence-electron chi connectivity index (χ1n) is 11.9. The second-order valence-corrected chi connectivity index (χ2v) is 10.7. The number of benzene rings is 2. The van der Waals surface area contributed by atoms with E-state index in [9.17, 15) is 12.8 Å². The van der Waals surface area contributed by atoms with E-state index < -0.39 is 10.0 Å². The first-order chi connectivity index (χ1) is 18.0. The molecule has 11 heteroatoms. The number of piperidine rings is 1. The zero-order valence-electron chi connectivity index (χ0n) is 19.7. The third kappa shape index (κ3) is 4.47. The quantitative estimate of drug-likeness (QED) is 0.354. The van der Waals surface area contributed by atoms with Crippen LogP contribution in [0.2, 0.25) is 0 Å². The van der Waals surface area contributed by atoms with Crippen molar-refractivity contribution in [3.8, 4) is 22.6 Å². The molecule has 1 saturated heterocycles. The maximum absolute atomic E-state index is 13.5. The Bertz CT molecular complexity index is 1640. The summed E-state index contributed by atoms with van der Waals surface area (Å²) in [6, 6.07) is 16.4. The molecule has 1 aliphatic heterocycles. The molecule has 0 spiro atoms. The van der Waals surface area contributed by atoms with Crippen LogP contribution in [0, 0.1) is 5.82 Å². The lowest BCUT2D eigenvalue weighted by Crippen LogP contribution is -2.42. The minimum atomic E-state index is -3.51. The molecule has 0 radical (unpaired) electrons. The van der Waals surface area contributed by atoms with Gasteiger partial charge in [-0.25, -0.2) is 22.8 Å². The summed E-state index contributed by atoms with van der Waals surface area (Å²) < 4.78 is 48.2. The van der Waals surface area contributed by atoms with Crippen molar-refractivity contribution in [3.63, 3.8) is 0 Å². The van der Waals surface area contributed by atoms with Gasteiger partial charge in [-0.2, -0.15) is 9.29 Å². The van der Waals surface area contributed by atoms with Gasteiger partial charge in [0.2, 0.25) is 16.0 Å². The van der Waals surface area contributed by atoms with Crippen molar-refractivity contribution >= 4 is 21.8 Å². The van der Waals surface area contributed by atoms with E-state index >= 15 is 0 Å². The highest BCUT2D eigenvalue weighted by Gasteiger charge is 2.29.